The second-order valence-electron chi connectivity index (χ2n) is 3.83. The van der Waals surface area contributed by atoms with Gasteiger partial charge in [0, 0.05) is 19.7 Å². The third-order valence-electron chi connectivity index (χ3n) is 2.48. The van der Waals surface area contributed by atoms with Gasteiger partial charge in [0.2, 0.25) is 0 Å². The minimum Gasteiger partial charge on any atom is -0.368 e. The number of pyridine rings is 1. The lowest BCUT2D eigenvalue weighted by atomic mass is 10.4. The Balaban J connectivity index is 2.34. The van der Waals surface area contributed by atoms with E-state index >= 15 is 0 Å². The molecule has 1 N–H and O–H groups in total. The highest BCUT2D eigenvalue weighted by Gasteiger charge is 2.15. The van der Waals surface area contributed by atoms with E-state index in [0.717, 1.165) is 17.8 Å². The average Bonchev–Trinajstić information content (AvgIpc) is 2.67. The molecule has 0 saturated carbocycles. The number of aryl methyl sites for hydroxylation is 1. The van der Waals surface area contributed by atoms with Crippen LogP contribution in [0.3, 0.4) is 0 Å². The SMILES string of the molecule is CCNc1nc(Sc2nnc(C)n2C)c(F)cc1F. The first-order chi connectivity index (χ1) is 9.02. The van der Waals surface area contributed by atoms with Crippen LogP contribution in [-0.2, 0) is 7.05 Å². The fraction of sp³-hybridized carbons (Fsp3) is 0.364. The molecule has 0 radical (unpaired) electrons. The van der Waals surface area contributed by atoms with E-state index in [0.29, 0.717) is 17.5 Å². The van der Waals surface area contributed by atoms with Crippen LogP contribution in [0.1, 0.15) is 12.7 Å². The molecular formula is C11H13F2N5S. The molecule has 5 nitrogen and oxygen atoms in total. The first-order valence-corrected chi connectivity index (χ1v) is 6.48. The van der Waals surface area contributed by atoms with Gasteiger partial charge in [-0.25, -0.2) is 13.8 Å². The molecule has 19 heavy (non-hydrogen) atoms. The van der Waals surface area contributed by atoms with Crippen LogP contribution in [0.5, 0.6) is 0 Å². The van der Waals surface area contributed by atoms with Crippen molar-refractivity contribution in [2.45, 2.75) is 24.0 Å². The van der Waals surface area contributed by atoms with Gasteiger partial charge in [0.25, 0.3) is 0 Å². The Kier molecular flexibility index (Phi) is 3.98. The number of aromatic nitrogens is 4. The van der Waals surface area contributed by atoms with E-state index in [1.165, 1.54) is 0 Å². The molecule has 2 rings (SSSR count). The lowest BCUT2D eigenvalue weighted by molar-refractivity contribution is 0.550. The summed E-state index contributed by atoms with van der Waals surface area (Å²) in [5, 5.41) is 11.1. The highest BCUT2D eigenvalue weighted by atomic mass is 32.2. The van der Waals surface area contributed by atoms with Gasteiger partial charge in [-0.1, -0.05) is 0 Å². The summed E-state index contributed by atoms with van der Waals surface area (Å²) < 4.78 is 28.8. The predicted octanol–water partition coefficient (Wildman–Crippen LogP) is 2.38. The smallest absolute Gasteiger partial charge is 0.197 e. The van der Waals surface area contributed by atoms with Crippen molar-refractivity contribution in [3.63, 3.8) is 0 Å². The maximum atomic E-state index is 13.7. The Labute approximate surface area is 113 Å². The van der Waals surface area contributed by atoms with Crippen LogP contribution < -0.4 is 5.32 Å². The number of rotatable bonds is 4. The summed E-state index contributed by atoms with van der Waals surface area (Å²) in [5.41, 5.74) is 0. The molecule has 0 spiro atoms. The van der Waals surface area contributed by atoms with E-state index in [1.807, 2.05) is 6.92 Å². The van der Waals surface area contributed by atoms with Crippen molar-refractivity contribution in [3.05, 3.63) is 23.5 Å². The van der Waals surface area contributed by atoms with Crippen molar-refractivity contribution in [1.82, 2.24) is 19.7 Å². The molecule has 8 heteroatoms. The first-order valence-electron chi connectivity index (χ1n) is 5.66. The van der Waals surface area contributed by atoms with E-state index < -0.39 is 11.6 Å². The average molecular weight is 285 g/mol. The molecule has 102 valence electrons. The fourth-order valence-corrected chi connectivity index (χ4v) is 2.19. The van der Waals surface area contributed by atoms with E-state index in [-0.39, 0.29) is 10.8 Å². The summed E-state index contributed by atoms with van der Waals surface area (Å²) in [6.07, 6.45) is 0. The van der Waals surface area contributed by atoms with Crippen molar-refractivity contribution in [1.29, 1.82) is 0 Å². The first kappa shape index (κ1) is 13.7. The molecule has 0 bridgehead atoms. The summed E-state index contributed by atoms with van der Waals surface area (Å²) in [6.45, 7) is 4.10. The van der Waals surface area contributed by atoms with E-state index in [9.17, 15) is 8.78 Å². The highest BCUT2D eigenvalue weighted by molar-refractivity contribution is 7.99. The van der Waals surface area contributed by atoms with E-state index in [4.69, 9.17) is 0 Å². The van der Waals surface area contributed by atoms with Crippen LogP contribution in [-0.4, -0.2) is 26.3 Å². The Morgan fingerprint density at radius 1 is 1.32 bits per heavy atom. The minimum atomic E-state index is -0.718. The van der Waals surface area contributed by atoms with Gasteiger partial charge in [0.1, 0.15) is 10.9 Å². The third kappa shape index (κ3) is 2.83. The fourth-order valence-electron chi connectivity index (χ4n) is 1.38. The van der Waals surface area contributed by atoms with Gasteiger partial charge in [-0.3, -0.25) is 0 Å². The van der Waals surface area contributed by atoms with Gasteiger partial charge < -0.3 is 9.88 Å². The van der Waals surface area contributed by atoms with Crippen LogP contribution in [0.2, 0.25) is 0 Å². The van der Waals surface area contributed by atoms with Gasteiger partial charge in [-0.05, 0) is 25.6 Å². The number of anilines is 1. The zero-order valence-corrected chi connectivity index (χ0v) is 11.6. The normalized spacial score (nSPS) is 10.8. The zero-order chi connectivity index (χ0) is 14.0. The maximum Gasteiger partial charge on any atom is 0.197 e. The van der Waals surface area contributed by atoms with Crippen LogP contribution in [0.25, 0.3) is 0 Å². The Bertz CT molecular complexity index is 599. The summed E-state index contributed by atoms with van der Waals surface area (Å²) in [6, 6.07) is 0.816. The number of hydrogen-bond donors (Lipinski definition) is 1. The molecule has 0 aromatic carbocycles. The van der Waals surface area contributed by atoms with Crippen molar-refractivity contribution in [2.75, 3.05) is 11.9 Å². The zero-order valence-electron chi connectivity index (χ0n) is 10.7. The van der Waals surface area contributed by atoms with Crippen molar-refractivity contribution >= 4 is 17.6 Å². The van der Waals surface area contributed by atoms with Gasteiger partial charge in [0.05, 0.1) is 0 Å². The second kappa shape index (κ2) is 5.52. The highest BCUT2D eigenvalue weighted by Crippen LogP contribution is 2.29. The van der Waals surface area contributed by atoms with Gasteiger partial charge in [-0.15, -0.1) is 10.2 Å². The molecule has 0 aliphatic heterocycles. The third-order valence-corrected chi connectivity index (χ3v) is 3.50. The molecule has 0 aliphatic rings. The molecule has 0 fully saturated rings. The quantitative estimate of drug-likeness (QED) is 0.934. The molecule has 0 saturated heterocycles. The number of nitrogens with zero attached hydrogens (tertiary/aromatic N) is 4. The van der Waals surface area contributed by atoms with Gasteiger partial charge in [-0.2, -0.15) is 0 Å². The number of nitrogens with one attached hydrogen (secondary N) is 1. The molecule has 2 aromatic heterocycles. The molecule has 2 heterocycles. The largest absolute Gasteiger partial charge is 0.368 e. The van der Waals surface area contributed by atoms with E-state index in [1.54, 1.807) is 18.5 Å². The molecule has 0 unspecified atom stereocenters. The van der Waals surface area contributed by atoms with Crippen LogP contribution in [0.4, 0.5) is 14.6 Å². The minimum absolute atomic E-state index is 0.0327. The maximum absolute atomic E-state index is 13.7. The molecule has 0 amide bonds. The summed E-state index contributed by atoms with van der Waals surface area (Å²) in [5.74, 6) is -0.690. The van der Waals surface area contributed by atoms with Gasteiger partial charge >= 0.3 is 0 Å². The Morgan fingerprint density at radius 3 is 2.63 bits per heavy atom. The lowest BCUT2D eigenvalue weighted by Crippen LogP contribution is -2.04. The second-order valence-corrected chi connectivity index (χ2v) is 4.78. The molecule has 0 aliphatic carbocycles. The molecule has 2 aromatic rings. The van der Waals surface area contributed by atoms with Gasteiger partial charge in [0.15, 0.2) is 22.6 Å². The topological polar surface area (TPSA) is 55.6 Å². The molecule has 0 atom stereocenters. The van der Waals surface area contributed by atoms with Crippen LogP contribution >= 0.6 is 11.8 Å². The van der Waals surface area contributed by atoms with E-state index in [2.05, 4.69) is 20.5 Å². The summed E-state index contributed by atoms with van der Waals surface area (Å²) in [4.78, 5) is 3.93. The number of hydrogen-bond acceptors (Lipinski definition) is 5. The van der Waals surface area contributed by atoms with Crippen molar-refractivity contribution in [2.24, 2.45) is 7.05 Å². The summed E-state index contributed by atoms with van der Waals surface area (Å²) in [7, 11) is 1.77. The van der Waals surface area contributed by atoms with Crippen molar-refractivity contribution < 1.29 is 8.78 Å². The van der Waals surface area contributed by atoms with Crippen LogP contribution in [0, 0.1) is 18.6 Å². The molecular weight excluding hydrogens is 272 g/mol. The Hall–Kier alpha value is -1.70. The number of halogens is 2. The Morgan fingerprint density at radius 2 is 2.05 bits per heavy atom. The van der Waals surface area contributed by atoms with Crippen LogP contribution in [0.15, 0.2) is 16.2 Å². The lowest BCUT2D eigenvalue weighted by Gasteiger charge is -2.07. The standard InChI is InChI=1S/C11H13F2N5S/c1-4-14-9-7(12)5-8(13)10(15-9)19-11-17-16-6(2)18(11)3/h5H,4H2,1-3H3,(H,14,15). The summed E-state index contributed by atoms with van der Waals surface area (Å²) >= 11 is 1.01. The monoisotopic (exact) mass is 285 g/mol. The predicted molar refractivity (Wildman–Crippen MR) is 68.2 cm³/mol. The van der Waals surface area contributed by atoms with Crippen molar-refractivity contribution in [3.8, 4) is 0 Å².